The van der Waals surface area contributed by atoms with Crippen LogP contribution in [0.4, 0.5) is 4.39 Å². The minimum Gasteiger partial charge on any atom is -0.341 e. The van der Waals surface area contributed by atoms with E-state index in [-0.39, 0.29) is 17.6 Å². The highest BCUT2D eigenvalue weighted by atomic mass is 32.2. The van der Waals surface area contributed by atoms with Gasteiger partial charge in [0.2, 0.25) is 5.91 Å². The molecule has 0 spiro atoms. The van der Waals surface area contributed by atoms with Crippen molar-refractivity contribution in [1.29, 1.82) is 0 Å². The fourth-order valence-corrected chi connectivity index (χ4v) is 3.86. The smallest absolute Gasteiger partial charge is 0.257 e. The van der Waals surface area contributed by atoms with E-state index in [1.807, 2.05) is 35.2 Å². The lowest BCUT2D eigenvalue weighted by atomic mass is 10.1. The summed E-state index contributed by atoms with van der Waals surface area (Å²) in [7, 11) is 0. The number of hydrogen-bond acceptors (Lipinski definition) is 5. The van der Waals surface area contributed by atoms with Gasteiger partial charge in [-0.2, -0.15) is 4.98 Å². The summed E-state index contributed by atoms with van der Waals surface area (Å²) < 4.78 is 18.3. The summed E-state index contributed by atoms with van der Waals surface area (Å²) in [6.07, 6.45) is 0.820. The van der Waals surface area contributed by atoms with Crippen LogP contribution in [0.3, 0.4) is 0 Å². The van der Waals surface area contributed by atoms with Crippen molar-refractivity contribution in [2.24, 2.45) is 0 Å². The lowest BCUT2D eigenvalue weighted by Crippen LogP contribution is -2.30. The van der Waals surface area contributed by atoms with E-state index in [9.17, 15) is 9.18 Å². The van der Waals surface area contributed by atoms with Crippen LogP contribution >= 0.6 is 11.8 Å². The quantitative estimate of drug-likeness (QED) is 0.624. The Morgan fingerprint density at radius 2 is 1.96 bits per heavy atom. The number of aromatic nitrogens is 2. The Kier molecular flexibility index (Phi) is 5.20. The van der Waals surface area contributed by atoms with Gasteiger partial charge in [-0.05, 0) is 42.8 Å². The fourth-order valence-electron chi connectivity index (χ4n) is 3.06. The molecule has 0 unspecified atom stereocenters. The lowest BCUT2D eigenvalue weighted by Gasteiger charge is -2.15. The van der Waals surface area contributed by atoms with Crippen molar-refractivity contribution in [2.45, 2.75) is 17.2 Å². The van der Waals surface area contributed by atoms with Gasteiger partial charge in [0, 0.05) is 29.5 Å². The number of halogens is 1. The van der Waals surface area contributed by atoms with Gasteiger partial charge < -0.3 is 9.42 Å². The Morgan fingerprint density at radius 1 is 1.19 bits per heavy atom. The highest BCUT2D eigenvalue weighted by Gasteiger charge is 2.30. The molecule has 3 aromatic rings. The minimum atomic E-state index is -0.275. The lowest BCUT2D eigenvalue weighted by molar-refractivity contribution is -0.127. The number of carbonyl (C=O) groups excluding carboxylic acids is 1. The van der Waals surface area contributed by atoms with E-state index in [0.717, 1.165) is 16.9 Å². The Labute approximate surface area is 160 Å². The van der Waals surface area contributed by atoms with E-state index in [0.29, 0.717) is 30.6 Å². The van der Waals surface area contributed by atoms with Crippen LogP contribution < -0.4 is 0 Å². The van der Waals surface area contributed by atoms with Crippen molar-refractivity contribution in [3.63, 3.8) is 0 Å². The number of nitrogens with zero attached hydrogens (tertiary/aromatic N) is 3. The number of amides is 1. The molecule has 5 nitrogen and oxygen atoms in total. The summed E-state index contributed by atoms with van der Waals surface area (Å²) in [6.45, 7) is 1.28. The molecule has 1 aliphatic heterocycles. The van der Waals surface area contributed by atoms with Gasteiger partial charge >= 0.3 is 0 Å². The molecule has 0 N–H and O–H groups in total. The molecule has 0 bridgehead atoms. The van der Waals surface area contributed by atoms with Gasteiger partial charge in [0.1, 0.15) is 5.82 Å². The van der Waals surface area contributed by atoms with Gasteiger partial charge in [-0.1, -0.05) is 23.4 Å². The normalized spacial score (nSPS) is 16.6. The van der Waals surface area contributed by atoms with Crippen LogP contribution in [0, 0.1) is 5.82 Å². The number of likely N-dealkylation sites (tertiary alicyclic amines) is 1. The molecule has 1 aliphatic rings. The summed E-state index contributed by atoms with van der Waals surface area (Å²) >= 11 is 1.41. The molecule has 1 aromatic heterocycles. The minimum absolute atomic E-state index is 0.0682. The van der Waals surface area contributed by atoms with Crippen LogP contribution in [0.1, 0.15) is 18.2 Å². The summed E-state index contributed by atoms with van der Waals surface area (Å²) in [4.78, 5) is 19.7. The maximum atomic E-state index is 12.9. The molecule has 2 aromatic carbocycles. The maximum Gasteiger partial charge on any atom is 0.257 e. The largest absolute Gasteiger partial charge is 0.341 e. The van der Waals surface area contributed by atoms with Gasteiger partial charge in [0.05, 0.1) is 5.75 Å². The molecule has 0 aliphatic carbocycles. The first-order chi connectivity index (χ1) is 13.2. The summed E-state index contributed by atoms with van der Waals surface area (Å²) in [5.74, 6) is 1.37. The van der Waals surface area contributed by atoms with Crippen molar-refractivity contribution in [3.8, 4) is 11.5 Å². The highest BCUT2D eigenvalue weighted by Crippen LogP contribution is 2.28. The van der Waals surface area contributed by atoms with E-state index in [2.05, 4.69) is 10.1 Å². The van der Waals surface area contributed by atoms with Crippen molar-refractivity contribution in [1.82, 2.24) is 15.0 Å². The zero-order chi connectivity index (χ0) is 18.6. The van der Waals surface area contributed by atoms with Crippen molar-refractivity contribution in [3.05, 3.63) is 66.2 Å². The molecule has 0 radical (unpaired) electrons. The van der Waals surface area contributed by atoms with Crippen LogP contribution in [0.2, 0.25) is 0 Å². The van der Waals surface area contributed by atoms with Crippen LogP contribution in [-0.2, 0) is 4.79 Å². The molecule has 1 saturated heterocycles. The fraction of sp³-hybridized carbons (Fsp3) is 0.250. The molecular formula is C20H18FN3O2S. The third kappa shape index (κ3) is 4.19. The van der Waals surface area contributed by atoms with E-state index < -0.39 is 0 Å². The predicted molar refractivity (Wildman–Crippen MR) is 101 cm³/mol. The van der Waals surface area contributed by atoms with E-state index >= 15 is 0 Å². The Morgan fingerprint density at radius 3 is 2.74 bits per heavy atom. The van der Waals surface area contributed by atoms with Crippen LogP contribution in [0.25, 0.3) is 11.5 Å². The van der Waals surface area contributed by atoms with Crippen LogP contribution in [0.15, 0.2) is 64.0 Å². The van der Waals surface area contributed by atoms with Crippen molar-refractivity contribution >= 4 is 17.7 Å². The first-order valence-corrected chi connectivity index (χ1v) is 9.73. The van der Waals surface area contributed by atoms with Crippen LogP contribution in [-0.4, -0.2) is 39.8 Å². The molecule has 1 atom stereocenters. The molecule has 138 valence electrons. The molecule has 2 heterocycles. The van der Waals surface area contributed by atoms with Gasteiger partial charge in [0.15, 0.2) is 5.82 Å². The summed E-state index contributed by atoms with van der Waals surface area (Å²) in [5.41, 5.74) is 0.887. The van der Waals surface area contributed by atoms with Crippen LogP contribution in [0.5, 0.6) is 0 Å². The molecule has 4 rings (SSSR count). The standard InChI is InChI=1S/C20H18FN3O2S/c21-16-6-8-17(9-7-16)27-13-18(25)24-11-10-15(12-24)19-22-20(26-23-19)14-4-2-1-3-5-14/h1-9,15H,10-13H2/t15-/m1/s1. The highest BCUT2D eigenvalue weighted by molar-refractivity contribution is 8.00. The number of hydrogen-bond donors (Lipinski definition) is 0. The second-order valence-electron chi connectivity index (χ2n) is 6.39. The third-order valence-corrected chi connectivity index (χ3v) is 5.54. The summed E-state index contributed by atoms with van der Waals surface area (Å²) in [6, 6.07) is 15.8. The topological polar surface area (TPSA) is 59.2 Å². The summed E-state index contributed by atoms with van der Waals surface area (Å²) in [5, 5.41) is 4.11. The average Bonchev–Trinajstić information content (AvgIpc) is 3.37. The maximum absolute atomic E-state index is 12.9. The van der Waals surface area contributed by atoms with Gasteiger partial charge in [0.25, 0.3) is 5.89 Å². The average molecular weight is 383 g/mol. The number of carbonyl (C=O) groups is 1. The van der Waals surface area contributed by atoms with E-state index in [4.69, 9.17) is 4.52 Å². The molecule has 0 saturated carbocycles. The number of thioether (sulfide) groups is 1. The first kappa shape index (κ1) is 17.7. The van der Waals surface area contributed by atoms with Crippen molar-refractivity contribution < 1.29 is 13.7 Å². The Bertz CT molecular complexity index is 914. The second-order valence-corrected chi connectivity index (χ2v) is 7.44. The molecule has 27 heavy (non-hydrogen) atoms. The predicted octanol–water partition coefficient (Wildman–Crippen LogP) is 3.98. The number of benzene rings is 2. The number of rotatable bonds is 5. The van der Waals surface area contributed by atoms with E-state index in [1.54, 1.807) is 12.1 Å². The zero-order valence-corrected chi connectivity index (χ0v) is 15.4. The van der Waals surface area contributed by atoms with Gasteiger partial charge in [-0.25, -0.2) is 4.39 Å². The monoisotopic (exact) mass is 383 g/mol. The van der Waals surface area contributed by atoms with Crippen molar-refractivity contribution in [2.75, 3.05) is 18.8 Å². The molecule has 7 heteroatoms. The first-order valence-electron chi connectivity index (χ1n) is 8.74. The second kappa shape index (κ2) is 7.92. The van der Waals surface area contributed by atoms with Gasteiger partial charge in [-0.3, -0.25) is 4.79 Å². The van der Waals surface area contributed by atoms with Gasteiger partial charge in [-0.15, -0.1) is 11.8 Å². The molecular weight excluding hydrogens is 365 g/mol. The molecule has 1 fully saturated rings. The Hall–Kier alpha value is -2.67. The Balaban J connectivity index is 1.34. The SMILES string of the molecule is O=C(CSc1ccc(F)cc1)N1CC[C@@H](c2noc(-c3ccccc3)n2)C1. The molecule has 1 amide bonds. The third-order valence-electron chi connectivity index (χ3n) is 4.54. The van der Waals surface area contributed by atoms with E-state index in [1.165, 1.54) is 23.9 Å². The zero-order valence-electron chi connectivity index (χ0n) is 14.5.